The van der Waals surface area contributed by atoms with Crippen molar-refractivity contribution in [2.24, 2.45) is 0 Å². The molecule has 2 rings (SSSR count). The van der Waals surface area contributed by atoms with Crippen LogP contribution in [0, 0.1) is 5.82 Å². The molecule has 1 aromatic carbocycles. The summed E-state index contributed by atoms with van der Waals surface area (Å²) in [4.78, 5) is 7.79. The van der Waals surface area contributed by atoms with E-state index in [-0.39, 0.29) is 5.88 Å². The second-order valence-corrected chi connectivity index (χ2v) is 4.77. The summed E-state index contributed by atoms with van der Waals surface area (Å²) in [6.45, 7) is 2.70. The molecule has 0 spiro atoms. The molecular formula is C13H12Cl2FN3O. The van der Waals surface area contributed by atoms with Crippen molar-refractivity contribution in [1.29, 1.82) is 0 Å². The molecule has 0 amide bonds. The maximum atomic E-state index is 13.6. The highest BCUT2D eigenvalue weighted by Crippen LogP contribution is 2.29. The Labute approximate surface area is 125 Å². The molecule has 0 saturated heterocycles. The number of hydrogen-bond acceptors (Lipinski definition) is 4. The van der Waals surface area contributed by atoms with Crippen molar-refractivity contribution in [2.75, 3.05) is 11.9 Å². The Balaban J connectivity index is 2.20. The van der Waals surface area contributed by atoms with Crippen molar-refractivity contribution >= 4 is 29.2 Å². The predicted molar refractivity (Wildman–Crippen MR) is 77.3 cm³/mol. The van der Waals surface area contributed by atoms with Gasteiger partial charge in [-0.2, -0.15) is 9.37 Å². The number of hydrogen-bond donors (Lipinski definition) is 1. The van der Waals surface area contributed by atoms with E-state index in [2.05, 4.69) is 15.3 Å². The van der Waals surface area contributed by atoms with Crippen molar-refractivity contribution in [3.8, 4) is 11.6 Å². The average molecular weight is 316 g/mol. The zero-order valence-electron chi connectivity index (χ0n) is 10.7. The zero-order valence-corrected chi connectivity index (χ0v) is 12.2. The van der Waals surface area contributed by atoms with Gasteiger partial charge in [-0.15, -0.1) is 0 Å². The molecule has 0 fully saturated rings. The molecule has 0 saturated carbocycles. The Hall–Kier alpha value is -1.59. The molecule has 7 heteroatoms. The Morgan fingerprint density at radius 1 is 1.30 bits per heavy atom. The average Bonchev–Trinajstić information content (AvgIpc) is 2.44. The van der Waals surface area contributed by atoms with E-state index in [0.29, 0.717) is 28.3 Å². The fraction of sp³-hybridized carbons (Fsp3) is 0.231. The van der Waals surface area contributed by atoms with Crippen molar-refractivity contribution in [2.45, 2.75) is 13.3 Å². The van der Waals surface area contributed by atoms with Crippen LogP contribution < -0.4 is 10.1 Å². The van der Waals surface area contributed by atoms with E-state index < -0.39 is 5.82 Å². The maximum absolute atomic E-state index is 13.6. The molecule has 20 heavy (non-hydrogen) atoms. The topological polar surface area (TPSA) is 47.0 Å². The van der Waals surface area contributed by atoms with E-state index in [1.54, 1.807) is 12.1 Å². The largest absolute Gasteiger partial charge is 0.436 e. The molecule has 0 atom stereocenters. The number of halogens is 3. The molecule has 2 aromatic rings. The van der Waals surface area contributed by atoms with E-state index in [9.17, 15) is 4.39 Å². The van der Waals surface area contributed by atoms with Crippen LogP contribution in [0.25, 0.3) is 0 Å². The van der Waals surface area contributed by atoms with Crippen molar-refractivity contribution in [1.82, 2.24) is 9.97 Å². The van der Waals surface area contributed by atoms with Crippen molar-refractivity contribution in [3.63, 3.8) is 0 Å². The summed E-state index contributed by atoms with van der Waals surface area (Å²) in [5.74, 6) is -0.170. The first-order valence-electron chi connectivity index (χ1n) is 5.99. The van der Waals surface area contributed by atoms with Gasteiger partial charge < -0.3 is 10.1 Å². The van der Waals surface area contributed by atoms with Gasteiger partial charge in [0.15, 0.2) is 0 Å². The molecular weight excluding hydrogens is 304 g/mol. The molecule has 0 aliphatic carbocycles. The molecule has 0 aliphatic heterocycles. The van der Waals surface area contributed by atoms with Crippen LogP contribution in [0.3, 0.4) is 0 Å². The number of benzene rings is 1. The van der Waals surface area contributed by atoms with Gasteiger partial charge in [0.05, 0.1) is 16.2 Å². The van der Waals surface area contributed by atoms with Gasteiger partial charge in [-0.25, -0.2) is 4.98 Å². The Morgan fingerprint density at radius 2 is 2.10 bits per heavy atom. The summed E-state index contributed by atoms with van der Waals surface area (Å²) in [5.41, 5.74) is 0. The first-order chi connectivity index (χ1) is 9.60. The summed E-state index contributed by atoms with van der Waals surface area (Å²) < 4.78 is 19.0. The lowest BCUT2D eigenvalue weighted by Gasteiger charge is -2.08. The van der Waals surface area contributed by atoms with Gasteiger partial charge in [-0.1, -0.05) is 30.1 Å². The van der Waals surface area contributed by atoms with Gasteiger partial charge in [0.2, 0.25) is 11.8 Å². The first-order valence-corrected chi connectivity index (χ1v) is 6.75. The number of anilines is 1. The highest BCUT2D eigenvalue weighted by molar-refractivity contribution is 6.42. The fourth-order valence-electron chi connectivity index (χ4n) is 1.40. The molecule has 106 valence electrons. The molecule has 0 unspecified atom stereocenters. The van der Waals surface area contributed by atoms with Crippen LogP contribution in [0.4, 0.5) is 10.3 Å². The lowest BCUT2D eigenvalue weighted by atomic mass is 10.3. The van der Waals surface area contributed by atoms with Crippen LogP contribution in [0.5, 0.6) is 11.6 Å². The Kier molecular flexibility index (Phi) is 4.98. The molecule has 1 heterocycles. The third-order valence-corrected chi connectivity index (χ3v) is 3.09. The van der Waals surface area contributed by atoms with Crippen LogP contribution >= 0.6 is 23.2 Å². The summed E-state index contributed by atoms with van der Waals surface area (Å²) in [7, 11) is 0. The first kappa shape index (κ1) is 14.8. The van der Waals surface area contributed by atoms with Crippen molar-refractivity contribution in [3.05, 3.63) is 40.3 Å². The highest BCUT2D eigenvalue weighted by atomic mass is 35.5. The van der Waals surface area contributed by atoms with Gasteiger partial charge in [0.1, 0.15) is 5.75 Å². The van der Waals surface area contributed by atoms with Gasteiger partial charge in [0, 0.05) is 12.6 Å². The molecule has 0 radical (unpaired) electrons. The van der Waals surface area contributed by atoms with Crippen LogP contribution in [0.1, 0.15) is 13.3 Å². The summed E-state index contributed by atoms with van der Waals surface area (Å²) in [5, 5.41) is 3.67. The van der Waals surface area contributed by atoms with Crippen LogP contribution in [0.15, 0.2) is 24.4 Å². The van der Waals surface area contributed by atoms with Crippen molar-refractivity contribution < 1.29 is 9.13 Å². The van der Waals surface area contributed by atoms with E-state index in [1.165, 1.54) is 6.07 Å². The number of aromatic nitrogens is 2. The molecule has 1 N–H and O–H groups in total. The fourth-order valence-corrected chi connectivity index (χ4v) is 1.69. The Bertz CT molecular complexity index is 610. The van der Waals surface area contributed by atoms with Gasteiger partial charge in [-0.05, 0) is 18.6 Å². The molecule has 0 aliphatic rings. The second kappa shape index (κ2) is 6.72. The lowest BCUT2D eigenvalue weighted by molar-refractivity contribution is 0.420. The van der Waals surface area contributed by atoms with Gasteiger partial charge in [0.25, 0.3) is 5.88 Å². The van der Waals surface area contributed by atoms with Gasteiger partial charge >= 0.3 is 0 Å². The number of rotatable bonds is 5. The van der Waals surface area contributed by atoms with Crippen LogP contribution in [-0.4, -0.2) is 16.5 Å². The third kappa shape index (κ3) is 3.71. The number of nitrogens with zero attached hydrogens (tertiary/aromatic N) is 2. The minimum atomic E-state index is -0.655. The lowest BCUT2D eigenvalue weighted by Crippen LogP contribution is -2.05. The SMILES string of the molecule is CCCNc1ncc(F)c(Oc2ccc(Cl)c(Cl)c2)n1. The monoisotopic (exact) mass is 315 g/mol. The third-order valence-electron chi connectivity index (χ3n) is 2.35. The highest BCUT2D eigenvalue weighted by Gasteiger charge is 2.10. The summed E-state index contributed by atoms with van der Waals surface area (Å²) >= 11 is 11.7. The number of nitrogens with one attached hydrogen (secondary N) is 1. The smallest absolute Gasteiger partial charge is 0.260 e. The minimum Gasteiger partial charge on any atom is -0.436 e. The van der Waals surface area contributed by atoms with Crippen LogP contribution in [-0.2, 0) is 0 Å². The second-order valence-electron chi connectivity index (χ2n) is 3.95. The quantitative estimate of drug-likeness (QED) is 0.880. The summed E-state index contributed by atoms with van der Waals surface area (Å²) in [6.07, 6.45) is 1.96. The zero-order chi connectivity index (χ0) is 14.5. The molecule has 0 bridgehead atoms. The normalized spacial score (nSPS) is 10.4. The minimum absolute atomic E-state index is 0.169. The van der Waals surface area contributed by atoms with E-state index in [0.717, 1.165) is 12.6 Å². The summed E-state index contributed by atoms with van der Waals surface area (Å²) in [6, 6.07) is 4.63. The molecule has 1 aromatic heterocycles. The van der Waals surface area contributed by atoms with E-state index in [1.807, 2.05) is 6.92 Å². The predicted octanol–water partition coefficient (Wildman–Crippen LogP) is 4.54. The maximum Gasteiger partial charge on any atom is 0.260 e. The van der Waals surface area contributed by atoms with Crippen LogP contribution in [0.2, 0.25) is 10.0 Å². The molecule has 4 nitrogen and oxygen atoms in total. The van der Waals surface area contributed by atoms with E-state index in [4.69, 9.17) is 27.9 Å². The number of ether oxygens (including phenoxy) is 1. The van der Waals surface area contributed by atoms with Gasteiger partial charge in [-0.3, -0.25) is 0 Å². The van der Waals surface area contributed by atoms with E-state index >= 15 is 0 Å². The standard InChI is InChI=1S/C13H12Cl2FN3O/c1-2-5-17-13-18-7-11(16)12(19-13)20-8-3-4-9(14)10(15)6-8/h3-4,6-7H,2,5H2,1H3,(H,17,18,19). The Morgan fingerprint density at radius 3 is 2.80 bits per heavy atom.